The fourth-order valence-corrected chi connectivity index (χ4v) is 2.18. The van der Waals surface area contributed by atoms with Gasteiger partial charge < -0.3 is 16.0 Å². The zero-order valence-corrected chi connectivity index (χ0v) is 13.0. The van der Waals surface area contributed by atoms with Gasteiger partial charge in [-0.3, -0.25) is 4.79 Å². The number of aryl methyl sites for hydroxylation is 1. The van der Waals surface area contributed by atoms with Crippen LogP contribution in [0.25, 0.3) is 0 Å². The van der Waals surface area contributed by atoms with Gasteiger partial charge in [0.25, 0.3) is 0 Å². The lowest BCUT2D eigenvalue weighted by Gasteiger charge is -2.18. The number of urea groups is 1. The quantitative estimate of drug-likeness (QED) is 0.723. The van der Waals surface area contributed by atoms with Crippen LogP contribution in [0.3, 0.4) is 0 Å². The lowest BCUT2D eigenvalue weighted by molar-refractivity contribution is -0.122. The van der Waals surface area contributed by atoms with Gasteiger partial charge in [0.05, 0.1) is 0 Å². The third-order valence-corrected chi connectivity index (χ3v) is 3.23. The molecule has 5 heteroatoms. The summed E-state index contributed by atoms with van der Waals surface area (Å²) in [6.45, 7) is 4.08. The molecule has 5 nitrogen and oxygen atoms in total. The molecule has 1 aromatic rings. The molecule has 0 unspecified atom stereocenters. The second kappa shape index (κ2) is 9.00. The zero-order chi connectivity index (χ0) is 15.7. The van der Waals surface area contributed by atoms with Crippen LogP contribution in [-0.2, 0) is 11.2 Å². The third-order valence-electron chi connectivity index (χ3n) is 3.23. The van der Waals surface area contributed by atoms with Crippen LogP contribution in [0.4, 0.5) is 10.5 Å². The van der Waals surface area contributed by atoms with E-state index < -0.39 is 6.04 Å². The number of nitrogens with one attached hydrogen (secondary N) is 3. The molecular formula is C16H25N3O2. The van der Waals surface area contributed by atoms with E-state index in [1.54, 1.807) is 7.05 Å². The summed E-state index contributed by atoms with van der Waals surface area (Å²) in [5, 5.41) is 8.13. The van der Waals surface area contributed by atoms with Crippen LogP contribution in [-0.4, -0.2) is 25.0 Å². The lowest BCUT2D eigenvalue weighted by atomic mass is 10.1. The Balaban J connectivity index is 2.69. The summed E-state index contributed by atoms with van der Waals surface area (Å²) in [6.07, 6.45) is 3.36. The minimum absolute atomic E-state index is 0.172. The Labute approximate surface area is 126 Å². The van der Waals surface area contributed by atoms with Gasteiger partial charge in [-0.15, -0.1) is 0 Å². The van der Waals surface area contributed by atoms with Gasteiger partial charge in [-0.2, -0.15) is 0 Å². The number of carbonyl (C=O) groups is 2. The molecule has 0 bridgehead atoms. The Hall–Kier alpha value is -2.04. The molecule has 116 valence electrons. The van der Waals surface area contributed by atoms with Crippen LogP contribution in [0, 0.1) is 0 Å². The molecule has 0 aliphatic heterocycles. The number of rotatable bonds is 7. The summed E-state index contributed by atoms with van der Waals surface area (Å²) >= 11 is 0. The van der Waals surface area contributed by atoms with Crippen molar-refractivity contribution in [3.05, 3.63) is 29.8 Å². The minimum Gasteiger partial charge on any atom is -0.357 e. The predicted molar refractivity (Wildman–Crippen MR) is 85.4 cm³/mol. The number of para-hydroxylation sites is 1. The highest BCUT2D eigenvalue weighted by atomic mass is 16.2. The van der Waals surface area contributed by atoms with Crippen molar-refractivity contribution in [2.75, 3.05) is 12.4 Å². The highest BCUT2D eigenvalue weighted by Gasteiger charge is 2.18. The van der Waals surface area contributed by atoms with E-state index in [-0.39, 0.29) is 11.9 Å². The van der Waals surface area contributed by atoms with Gasteiger partial charge in [-0.1, -0.05) is 44.9 Å². The molecule has 1 atom stereocenters. The van der Waals surface area contributed by atoms with E-state index in [9.17, 15) is 9.59 Å². The number of hydrogen-bond acceptors (Lipinski definition) is 2. The maximum absolute atomic E-state index is 12.1. The molecule has 3 amide bonds. The maximum Gasteiger partial charge on any atom is 0.319 e. The Morgan fingerprint density at radius 2 is 1.86 bits per heavy atom. The average molecular weight is 291 g/mol. The lowest BCUT2D eigenvalue weighted by Crippen LogP contribution is -2.47. The monoisotopic (exact) mass is 291 g/mol. The van der Waals surface area contributed by atoms with Gasteiger partial charge in [0.2, 0.25) is 5.91 Å². The molecule has 1 rings (SSSR count). The first-order valence-electron chi connectivity index (χ1n) is 7.49. The van der Waals surface area contributed by atoms with E-state index in [1.165, 1.54) is 0 Å². The fourth-order valence-electron chi connectivity index (χ4n) is 2.18. The highest BCUT2D eigenvalue weighted by Crippen LogP contribution is 2.16. The first-order chi connectivity index (χ1) is 10.1. The van der Waals surface area contributed by atoms with Crippen molar-refractivity contribution in [3.8, 4) is 0 Å². The molecule has 1 aromatic carbocycles. The molecule has 3 N–H and O–H groups in total. The largest absolute Gasteiger partial charge is 0.357 e. The number of benzene rings is 1. The molecule has 0 saturated heterocycles. The van der Waals surface area contributed by atoms with Crippen LogP contribution < -0.4 is 16.0 Å². The molecule has 0 fully saturated rings. The SMILES string of the molecule is CCCc1ccccc1NC(=O)N[C@H](CCC)C(=O)NC. The molecule has 21 heavy (non-hydrogen) atoms. The summed E-state index contributed by atoms with van der Waals surface area (Å²) in [7, 11) is 1.57. The Bertz CT molecular complexity index is 474. The van der Waals surface area contributed by atoms with Crippen LogP contribution in [0.15, 0.2) is 24.3 Å². The molecule has 0 aliphatic carbocycles. The van der Waals surface area contributed by atoms with Gasteiger partial charge in [-0.05, 0) is 24.5 Å². The Kier molecular flexibility index (Phi) is 7.29. The summed E-state index contributed by atoms with van der Waals surface area (Å²) in [5.41, 5.74) is 1.89. The Morgan fingerprint density at radius 1 is 1.14 bits per heavy atom. The first-order valence-corrected chi connectivity index (χ1v) is 7.49. The van der Waals surface area contributed by atoms with Gasteiger partial charge >= 0.3 is 6.03 Å². The number of carbonyl (C=O) groups excluding carboxylic acids is 2. The number of anilines is 1. The molecule has 0 saturated carbocycles. The summed E-state index contributed by atoms with van der Waals surface area (Å²) in [4.78, 5) is 23.8. The summed E-state index contributed by atoms with van der Waals surface area (Å²) in [5.74, 6) is -0.172. The summed E-state index contributed by atoms with van der Waals surface area (Å²) < 4.78 is 0. The van der Waals surface area contributed by atoms with Crippen molar-refractivity contribution in [1.29, 1.82) is 0 Å². The number of amides is 3. The first kappa shape index (κ1) is 17.0. The van der Waals surface area contributed by atoms with Crippen molar-refractivity contribution in [2.45, 2.75) is 45.6 Å². The Morgan fingerprint density at radius 3 is 2.48 bits per heavy atom. The molecule has 0 radical (unpaired) electrons. The average Bonchev–Trinajstić information content (AvgIpc) is 2.48. The van der Waals surface area contributed by atoms with Crippen molar-refractivity contribution < 1.29 is 9.59 Å². The van der Waals surface area contributed by atoms with Gasteiger partial charge in [-0.25, -0.2) is 4.79 Å². The van der Waals surface area contributed by atoms with E-state index in [0.717, 1.165) is 30.5 Å². The predicted octanol–water partition coefficient (Wildman–Crippen LogP) is 2.68. The number of likely N-dealkylation sites (N-methyl/N-ethyl adjacent to an activating group) is 1. The second-order valence-electron chi connectivity index (χ2n) is 4.96. The topological polar surface area (TPSA) is 70.2 Å². The van der Waals surface area contributed by atoms with Crippen molar-refractivity contribution in [3.63, 3.8) is 0 Å². The van der Waals surface area contributed by atoms with Crippen LogP contribution in [0.5, 0.6) is 0 Å². The number of hydrogen-bond donors (Lipinski definition) is 3. The molecule has 0 aliphatic rings. The van der Waals surface area contributed by atoms with Crippen molar-refractivity contribution >= 4 is 17.6 Å². The normalized spacial score (nSPS) is 11.6. The third kappa shape index (κ3) is 5.45. The van der Waals surface area contributed by atoms with Crippen LogP contribution in [0.2, 0.25) is 0 Å². The fraction of sp³-hybridized carbons (Fsp3) is 0.500. The van der Waals surface area contributed by atoms with E-state index in [2.05, 4.69) is 22.9 Å². The van der Waals surface area contributed by atoms with Crippen LogP contribution in [0.1, 0.15) is 38.7 Å². The molecule has 0 heterocycles. The van der Waals surface area contributed by atoms with Gasteiger partial charge in [0.1, 0.15) is 6.04 Å². The highest BCUT2D eigenvalue weighted by molar-refractivity contribution is 5.94. The molecule has 0 aromatic heterocycles. The smallest absolute Gasteiger partial charge is 0.319 e. The van der Waals surface area contributed by atoms with E-state index in [0.29, 0.717) is 6.42 Å². The van der Waals surface area contributed by atoms with Crippen molar-refractivity contribution in [1.82, 2.24) is 10.6 Å². The molecular weight excluding hydrogens is 266 g/mol. The van der Waals surface area contributed by atoms with Crippen molar-refractivity contribution in [2.24, 2.45) is 0 Å². The second-order valence-corrected chi connectivity index (χ2v) is 4.96. The van der Waals surface area contributed by atoms with E-state index in [4.69, 9.17) is 0 Å². The maximum atomic E-state index is 12.1. The molecule has 0 spiro atoms. The van der Waals surface area contributed by atoms with Crippen LogP contribution >= 0.6 is 0 Å². The van der Waals surface area contributed by atoms with Gasteiger partial charge in [0.15, 0.2) is 0 Å². The summed E-state index contributed by atoms with van der Waals surface area (Å²) in [6, 6.07) is 6.87. The zero-order valence-electron chi connectivity index (χ0n) is 13.0. The van der Waals surface area contributed by atoms with E-state index >= 15 is 0 Å². The standard InChI is InChI=1S/C16H25N3O2/c1-4-8-12-10-6-7-11-13(12)18-16(21)19-14(9-5-2)15(20)17-3/h6-7,10-11,14H,4-5,8-9H2,1-3H3,(H,17,20)(H2,18,19,21)/t14-/m1/s1. The van der Waals surface area contributed by atoms with E-state index in [1.807, 2.05) is 31.2 Å². The minimum atomic E-state index is -0.502. The van der Waals surface area contributed by atoms with Gasteiger partial charge in [0, 0.05) is 12.7 Å².